The average Bonchev–Trinajstić information content (AvgIpc) is 2.55. The Kier molecular flexibility index (Phi) is 5.69. The SMILES string of the molecule is O=C(CCSCc1ccccc1)NC1CC(c2cc(=O)[nH]cn2)C1. The van der Waals surface area contributed by atoms with E-state index >= 15 is 0 Å². The lowest BCUT2D eigenvalue weighted by Crippen LogP contribution is -2.43. The Labute approximate surface area is 145 Å². The molecular formula is C18H21N3O2S. The topological polar surface area (TPSA) is 74.8 Å². The van der Waals surface area contributed by atoms with Crippen molar-refractivity contribution in [3.63, 3.8) is 0 Å². The maximum atomic E-state index is 12.0. The highest BCUT2D eigenvalue weighted by Crippen LogP contribution is 2.35. The van der Waals surface area contributed by atoms with Crippen molar-refractivity contribution in [1.82, 2.24) is 15.3 Å². The molecule has 5 nitrogen and oxygen atoms in total. The van der Waals surface area contributed by atoms with E-state index in [1.54, 1.807) is 17.8 Å². The lowest BCUT2D eigenvalue weighted by molar-refractivity contribution is -0.122. The quantitative estimate of drug-likeness (QED) is 0.757. The normalized spacial score (nSPS) is 19.5. The van der Waals surface area contributed by atoms with E-state index < -0.39 is 0 Å². The van der Waals surface area contributed by atoms with Gasteiger partial charge in [-0.1, -0.05) is 30.3 Å². The highest BCUT2D eigenvalue weighted by molar-refractivity contribution is 7.98. The van der Waals surface area contributed by atoms with Crippen molar-refractivity contribution in [2.75, 3.05) is 5.75 Å². The summed E-state index contributed by atoms with van der Waals surface area (Å²) in [5.41, 5.74) is 1.99. The fourth-order valence-electron chi connectivity index (χ4n) is 2.81. The van der Waals surface area contributed by atoms with Crippen LogP contribution in [0.1, 0.15) is 36.4 Å². The summed E-state index contributed by atoms with van der Waals surface area (Å²) in [6.07, 6.45) is 3.70. The minimum atomic E-state index is -0.122. The van der Waals surface area contributed by atoms with Gasteiger partial charge < -0.3 is 10.3 Å². The van der Waals surface area contributed by atoms with Crippen molar-refractivity contribution in [3.8, 4) is 0 Å². The minimum absolute atomic E-state index is 0.109. The van der Waals surface area contributed by atoms with Gasteiger partial charge in [0, 0.05) is 36.0 Å². The third-order valence-corrected chi connectivity index (χ3v) is 5.24. The Hall–Kier alpha value is -2.08. The molecule has 6 heteroatoms. The number of hydrogen-bond donors (Lipinski definition) is 2. The predicted octanol–water partition coefficient (Wildman–Crippen LogP) is 2.46. The number of carbonyl (C=O) groups excluding carboxylic acids is 1. The average molecular weight is 343 g/mol. The van der Waals surface area contributed by atoms with Crippen molar-refractivity contribution >= 4 is 17.7 Å². The maximum Gasteiger partial charge on any atom is 0.250 e. The van der Waals surface area contributed by atoms with Gasteiger partial charge in [-0.2, -0.15) is 11.8 Å². The van der Waals surface area contributed by atoms with Crippen LogP contribution in [-0.2, 0) is 10.5 Å². The van der Waals surface area contributed by atoms with E-state index in [1.807, 2.05) is 18.2 Å². The van der Waals surface area contributed by atoms with Crippen molar-refractivity contribution in [1.29, 1.82) is 0 Å². The van der Waals surface area contributed by atoms with Gasteiger partial charge in [-0.05, 0) is 18.4 Å². The van der Waals surface area contributed by atoms with Gasteiger partial charge in [-0.15, -0.1) is 0 Å². The molecule has 2 N–H and O–H groups in total. The molecule has 0 saturated heterocycles. The number of aromatic amines is 1. The number of H-pyrrole nitrogens is 1. The summed E-state index contributed by atoms with van der Waals surface area (Å²) in [6.45, 7) is 0. The van der Waals surface area contributed by atoms with Crippen molar-refractivity contribution in [3.05, 3.63) is 64.3 Å². The second-order valence-corrected chi connectivity index (χ2v) is 7.16. The van der Waals surface area contributed by atoms with Crippen LogP contribution in [0.3, 0.4) is 0 Å². The second-order valence-electron chi connectivity index (χ2n) is 6.06. The van der Waals surface area contributed by atoms with Gasteiger partial charge in [0.25, 0.3) is 5.56 Å². The van der Waals surface area contributed by atoms with Crippen LogP contribution in [0.4, 0.5) is 0 Å². The summed E-state index contributed by atoms with van der Waals surface area (Å²) >= 11 is 1.78. The van der Waals surface area contributed by atoms with E-state index in [4.69, 9.17) is 0 Å². The van der Waals surface area contributed by atoms with Gasteiger partial charge in [-0.25, -0.2) is 4.98 Å². The zero-order valence-corrected chi connectivity index (χ0v) is 14.2. The van der Waals surface area contributed by atoms with Gasteiger partial charge in [0.2, 0.25) is 5.91 Å². The highest BCUT2D eigenvalue weighted by Gasteiger charge is 2.32. The molecule has 1 aliphatic carbocycles. The number of nitrogens with zero attached hydrogens (tertiary/aromatic N) is 1. The van der Waals surface area contributed by atoms with Gasteiger partial charge in [0.05, 0.1) is 12.0 Å². The molecule has 2 aromatic rings. The summed E-state index contributed by atoms with van der Waals surface area (Å²) in [6, 6.07) is 12.0. The molecule has 1 amide bonds. The number of nitrogens with one attached hydrogen (secondary N) is 2. The molecule has 1 fully saturated rings. The number of thioether (sulfide) groups is 1. The van der Waals surface area contributed by atoms with Crippen LogP contribution in [0.2, 0.25) is 0 Å². The number of benzene rings is 1. The van der Waals surface area contributed by atoms with E-state index in [1.165, 1.54) is 11.9 Å². The smallest absolute Gasteiger partial charge is 0.250 e. The van der Waals surface area contributed by atoms with E-state index in [0.29, 0.717) is 6.42 Å². The van der Waals surface area contributed by atoms with Crippen molar-refractivity contribution in [2.24, 2.45) is 0 Å². The van der Waals surface area contributed by atoms with Crippen LogP contribution in [-0.4, -0.2) is 27.7 Å². The lowest BCUT2D eigenvalue weighted by Gasteiger charge is -2.35. The van der Waals surface area contributed by atoms with Gasteiger partial charge in [-0.3, -0.25) is 9.59 Å². The molecule has 1 aromatic carbocycles. The number of aromatic nitrogens is 2. The Balaban J connectivity index is 1.31. The standard InChI is InChI=1S/C18H21N3O2S/c22-17(6-7-24-11-13-4-2-1-3-5-13)21-15-8-14(9-15)16-10-18(23)20-12-19-16/h1-5,10,12,14-15H,6-9,11H2,(H,21,22)(H,19,20,23). The lowest BCUT2D eigenvalue weighted by atomic mass is 9.78. The summed E-state index contributed by atoms with van der Waals surface area (Å²) in [4.78, 5) is 29.9. The number of amides is 1. The van der Waals surface area contributed by atoms with Crippen molar-refractivity contribution in [2.45, 2.75) is 37.0 Å². The van der Waals surface area contributed by atoms with Gasteiger partial charge >= 0.3 is 0 Å². The zero-order valence-electron chi connectivity index (χ0n) is 13.4. The van der Waals surface area contributed by atoms with Crippen LogP contribution >= 0.6 is 11.8 Å². The van der Waals surface area contributed by atoms with Crippen LogP contribution in [0.5, 0.6) is 0 Å². The Bertz CT molecular complexity index is 726. The molecule has 0 unspecified atom stereocenters. The molecule has 1 aromatic heterocycles. The molecule has 24 heavy (non-hydrogen) atoms. The fourth-order valence-corrected chi connectivity index (χ4v) is 3.72. The summed E-state index contributed by atoms with van der Waals surface area (Å²) in [7, 11) is 0. The van der Waals surface area contributed by atoms with Crippen LogP contribution in [0.15, 0.2) is 47.5 Å². The molecule has 0 spiro atoms. The second kappa shape index (κ2) is 8.15. The predicted molar refractivity (Wildman–Crippen MR) is 96.0 cm³/mol. The monoisotopic (exact) mass is 343 g/mol. The third kappa shape index (κ3) is 4.71. The Morgan fingerprint density at radius 2 is 2.08 bits per heavy atom. The van der Waals surface area contributed by atoms with Crippen LogP contribution < -0.4 is 10.9 Å². The first-order valence-corrected chi connectivity index (χ1v) is 9.32. The Morgan fingerprint density at radius 3 is 2.83 bits per heavy atom. The highest BCUT2D eigenvalue weighted by atomic mass is 32.2. The summed E-state index contributed by atoms with van der Waals surface area (Å²) in [5, 5.41) is 3.06. The fraction of sp³-hybridized carbons (Fsp3) is 0.389. The first-order valence-electron chi connectivity index (χ1n) is 8.16. The molecule has 0 bridgehead atoms. The Morgan fingerprint density at radius 1 is 1.29 bits per heavy atom. The molecule has 0 atom stereocenters. The first-order chi connectivity index (χ1) is 11.7. The maximum absolute atomic E-state index is 12.0. The number of hydrogen-bond acceptors (Lipinski definition) is 4. The first kappa shape index (κ1) is 16.8. The molecule has 0 radical (unpaired) electrons. The molecule has 126 valence electrons. The third-order valence-electron chi connectivity index (χ3n) is 4.21. The molecule has 3 rings (SSSR count). The van der Waals surface area contributed by atoms with E-state index in [2.05, 4.69) is 27.4 Å². The molecular weight excluding hydrogens is 322 g/mol. The number of carbonyl (C=O) groups is 1. The van der Waals surface area contributed by atoms with Crippen molar-refractivity contribution < 1.29 is 4.79 Å². The zero-order chi connectivity index (χ0) is 16.8. The minimum Gasteiger partial charge on any atom is -0.353 e. The molecule has 1 saturated carbocycles. The molecule has 1 heterocycles. The molecule has 0 aliphatic heterocycles. The van der Waals surface area contributed by atoms with Gasteiger partial charge in [0.1, 0.15) is 0 Å². The molecule has 1 aliphatic rings. The summed E-state index contributed by atoms with van der Waals surface area (Å²) < 4.78 is 0. The van der Waals surface area contributed by atoms with E-state index in [9.17, 15) is 9.59 Å². The van der Waals surface area contributed by atoms with E-state index in [-0.39, 0.29) is 23.4 Å². The van der Waals surface area contributed by atoms with Crippen LogP contribution in [0.25, 0.3) is 0 Å². The summed E-state index contributed by atoms with van der Waals surface area (Å²) in [5.74, 6) is 2.16. The number of rotatable bonds is 7. The largest absolute Gasteiger partial charge is 0.353 e. The van der Waals surface area contributed by atoms with E-state index in [0.717, 1.165) is 30.0 Å². The van der Waals surface area contributed by atoms with Crippen LogP contribution in [0, 0.1) is 0 Å². The van der Waals surface area contributed by atoms with Gasteiger partial charge in [0.15, 0.2) is 0 Å².